The summed E-state index contributed by atoms with van der Waals surface area (Å²) in [6.45, 7) is 0.913. The van der Waals surface area contributed by atoms with E-state index < -0.39 is 28.8 Å². The maximum absolute atomic E-state index is 13.2. The highest BCUT2D eigenvalue weighted by Gasteiger charge is 2.35. The van der Waals surface area contributed by atoms with E-state index in [0.717, 1.165) is 0 Å². The van der Waals surface area contributed by atoms with Crippen molar-refractivity contribution in [2.45, 2.75) is 29.3 Å². The number of hydrogen-bond donors (Lipinski definition) is 2. The van der Waals surface area contributed by atoms with E-state index in [1.165, 1.54) is 38.9 Å². The van der Waals surface area contributed by atoms with Gasteiger partial charge in [0.2, 0.25) is 11.8 Å². The average Bonchev–Trinajstić information content (AvgIpc) is 3.36. The molecule has 3 aromatic heterocycles. The minimum absolute atomic E-state index is 0.0876. The lowest BCUT2D eigenvalue weighted by molar-refractivity contribution is 0.414. The van der Waals surface area contributed by atoms with Gasteiger partial charge >= 0.3 is 0 Å². The van der Waals surface area contributed by atoms with Crippen molar-refractivity contribution in [3.05, 3.63) is 61.9 Å². The molecule has 0 bridgehead atoms. The van der Waals surface area contributed by atoms with Gasteiger partial charge in [-0.25, -0.2) is 0 Å². The van der Waals surface area contributed by atoms with E-state index in [9.17, 15) is 19.8 Å². The van der Waals surface area contributed by atoms with E-state index in [-0.39, 0.29) is 11.1 Å². The normalized spacial score (nSPS) is 14.9. The molecule has 0 aliphatic carbocycles. The maximum atomic E-state index is 13.2. The first kappa shape index (κ1) is 18.3. The van der Waals surface area contributed by atoms with Crippen LogP contribution in [-0.2, 0) is 13.1 Å². The predicted molar refractivity (Wildman–Crippen MR) is 107 cm³/mol. The number of hydrogen-bond acceptors (Lipinski definition) is 9. The maximum Gasteiger partial charge on any atom is 0.262 e. The van der Waals surface area contributed by atoms with E-state index in [1.54, 1.807) is 18.2 Å². The first-order valence-corrected chi connectivity index (χ1v) is 10.9. The number of aromatic nitrogens is 5. The molecule has 0 amide bonds. The highest BCUT2D eigenvalue weighted by atomic mass is 32.2. The molecule has 11 heteroatoms. The van der Waals surface area contributed by atoms with Crippen molar-refractivity contribution in [2.24, 2.45) is 0 Å². The Bertz CT molecular complexity index is 1160. The minimum Gasteiger partial charge on any atom is -0.493 e. The largest absolute Gasteiger partial charge is 0.493 e. The molecule has 2 aliphatic rings. The van der Waals surface area contributed by atoms with Crippen molar-refractivity contribution in [3.8, 4) is 11.8 Å². The third-order valence-electron chi connectivity index (χ3n) is 4.95. The summed E-state index contributed by atoms with van der Waals surface area (Å²) in [5.41, 5.74) is -0.738. The highest BCUT2D eigenvalue weighted by Crippen LogP contribution is 2.37. The van der Waals surface area contributed by atoms with Crippen LogP contribution in [0, 0.1) is 0 Å². The highest BCUT2D eigenvalue weighted by molar-refractivity contribution is 7.99. The summed E-state index contributed by atoms with van der Waals surface area (Å²) in [4.78, 5) is 39.1. The lowest BCUT2D eigenvalue weighted by atomic mass is 9.90. The van der Waals surface area contributed by atoms with Crippen molar-refractivity contribution in [2.75, 3.05) is 11.5 Å². The minimum atomic E-state index is -1.09. The van der Waals surface area contributed by atoms with Gasteiger partial charge < -0.3 is 10.2 Å². The van der Waals surface area contributed by atoms with Crippen molar-refractivity contribution in [3.63, 3.8) is 0 Å². The van der Waals surface area contributed by atoms with Crippen LogP contribution in [0.3, 0.4) is 0 Å². The fourth-order valence-corrected chi connectivity index (χ4v) is 5.52. The molecule has 2 N–H and O–H groups in total. The van der Waals surface area contributed by atoms with Gasteiger partial charge in [-0.3, -0.25) is 23.7 Å². The van der Waals surface area contributed by atoms with E-state index in [1.807, 2.05) is 0 Å². The van der Waals surface area contributed by atoms with Gasteiger partial charge in [-0.1, -0.05) is 29.6 Å². The molecule has 2 aliphatic heterocycles. The monoisotopic (exact) mass is 429 g/mol. The summed E-state index contributed by atoms with van der Waals surface area (Å²) in [5, 5.41) is 22.1. The number of aromatic hydroxyl groups is 2. The molecule has 5 heterocycles. The number of thioether (sulfide) groups is 2. The second kappa shape index (κ2) is 6.92. The molecule has 0 aromatic carbocycles. The molecule has 29 heavy (non-hydrogen) atoms. The van der Waals surface area contributed by atoms with Gasteiger partial charge in [0.05, 0.1) is 22.7 Å². The summed E-state index contributed by atoms with van der Waals surface area (Å²) in [6, 6.07) is 5.06. The fourth-order valence-electron chi connectivity index (χ4n) is 3.64. The molecule has 0 fully saturated rings. The fraction of sp³-hybridized carbons (Fsp3) is 0.278. The SMILES string of the molecule is O=c1c(C(c2ccccn2)c2c(O)nc3n(c2=O)CCS3)c(O)nc2n1CCS2. The van der Waals surface area contributed by atoms with Crippen LogP contribution >= 0.6 is 23.5 Å². The molecular formula is C18H15N5O4S2. The van der Waals surface area contributed by atoms with Crippen LogP contribution in [0.5, 0.6) is 11.8 Å². The zero-order chi connectivity index (χ0) is 20.1. The molecule has 148 valence electrons. The number of fused-ring (bicyclic) bond motifs is 2. The Hall–Kier alpha value is -2.79. The van der Waals surface area contributed by atoms with Crippen LogP contribution in [0.15, 0.2) is 44.3 Å². The smallest absolute Gasteiger partial charge is 0.262 e. The second-order valence-corrected chi connectivity index (χ2v) is 8.69. The first-order chi connectivity index (χ1) is 14.1. The van der Waals surface area contributed by atoms with Crippen molar-refractivity contribution in [1.82, 2.24) is 24.1 Å². The van der Waals surface area contributed by atoms with Crippen LogP contribution in [0.2, 0.25) is 0 Å². The van der Waals surface area contributed by atoms with Gasteiger partial charge in [-0.05, 0) is 12.1 Å². The third kappa shape index (κ3) is 2.84. The summed E-state index contributed by atoms with van der Waals surface area (Å²) in [6.07, 6.45) is 1.53. The van der Waals surface area contributed by atoms with E-state index in [4.69, 9.17) is 0 Å². The van der Waals surface area contributed by atoms with Crippen LogP contribution in [-0.4, -0.2) is 45.8 Å². The van der Waals surface area contributed by atoms with Gasteiger partial charge in [0.15, 0.2) is 10.3 Å². The molecule has 0 saturated carbocycles. The Kier molecular flexibility index (Phi) is 4.36. The predicted octanol–water partition coefficient (Wildman–Crippen LogP) is 0.998. The summed E-state index contributed by atoms with van der Waals surface area (Å²) >= 11 is 2.75. The van der Waals surface area contributed by atoms with Gasteiger partial charge in [0.25, 0.3) is 11.1 Å². The first-order valence-electron chi connectivity index (χ1n) is 8.90. The Morgan fingerprint density at radius 2 is 1.45 bits per heavy atom. The molecule has 0 unspecified atom stereocenters. The molecule has 0 spiro atoms. The van der Waals surface area contributed by atoms with Crippen LogP contribution in [0.25, 0.3) is 0 Å². The van der Waals surface area contributed by atoms with Gasteiger partial charge in [-0.15, -0.1) is 0 Å². The molecule has 0 atom stereocenters. The summed E-state index contributed by atoms with van der Waals surface area (Å²) in [7, 11) is 0. The lowest BCUT2D eigenvalue weighted by Crippen LogP contribution is -2.32. The van der Waals surface area contributed by atoms with Gasteiger partial charge in [0, 0.05) is 30.8 Å². The Balaban J connectivity index is 1.83. The van der Waals surface area contributed by atoms with Crippen LogP contribution in [0.1, 0.15) is 22.7 Å². The molecule has 9 nitrogen and oxygen atoms in total. The Morgan fingerprint density at radius 1 is 0.897 bits per heavy atom. The van der Waals surface area contributed by atoms with Crippen LogP contribution in [0.4, 0.5) is 0 Å². The van der Waals surface area contributed by atoms with E-state index in [2.05, 4.69) is 15.0 Å². The van der Waals surface area contributed by atoms with Crippen molar-refractivity contribution in [1.29, 1.82) is 0 Å². The lowest BCUT2D eigenvalue weighted by Gasteiger charge is -2.19. The summed E-state index contributed by atoms with van der Waals surface area (Å²) in [5.74, 6) is -0.687. The topological polar surface area (TPSA) is 123 Å². The standard InChI is InChI=1S/C18H15N5O4S2/c24-13-11(15(26)22-5-7-28-17(22)20-13)10(9-3-1-2-4-19-9)12-14(25)21-18-23(16(12)27)6-8-29-18/h1-4,10,24-25H,5-8H2. The van der Waals surface area contributed by atoms with E-state index in [0.29, 0.717) is 40.6 Å². The molecule has 5 rings (SSSR count). The number of pyridine rings is 1. The molecule has 0 radical (unpaired) electrons. The Morgan fingerprint density at radius 3 is 1.93 bits per heavy atom. The quantitative estimate of drug-likeness (QED) is 0.587. The molecular weight excluding hydrogens is 414 g/mol. The number of nitrogens with zero attached hydrogens (tertiary/aromatic N) is 5. The summed E-state index contributed by atoms with van der Waals surface area (Å²) < 4.78 is 2.95. The zero-order valence-electron chi connectivity index (χ0n) is 15.0. The Labute approximate surface area is 172 Å². The van der Waals surface area contributed by atoms with Crippen LogP contribution < -0.4 is 11.1 Å². The molecule has 3 aromatic rings. The number of rotatable bonds is 3. The van der Waals surface area contributed by atoms with Gasteiger partial charge in [0.1, 0.15) is 0 Å². The third-order valence-corrected chi connectivity index (χ3v) is 6.86. The zero-order valence-corrected chi connectivity index (χ0v) is 16.6. The molecule has 0 saturated heterocycles. The van der Waals surface area contributed by atoms with Gasteiger partial charge in [-0.2, -0.15) is 9.97 Å². The van der Waals surface area contributed by atoms with E-state index >= 15 is 0 Å². The van der Waals surface area contributed by atoms with Crippen molar-refractivity contribution >= 4 is 23.5 Å². The average molecular weight is 429 g/mol. The van der Waals surface area contributed by atoms with Crippen molar-refractivity contribution < 1.29 is 10.2 Å². The second-order valence-electron chi connectivity index (χ2n) is 6.56.